The zero-order chi connectivity index (χ0) is 18.5. The fourth-order valence-corrected chi connectivity index (χ4v) is 3.28. The summed E-state index contributed by atoms with van der Waals surface area (Å²) in [4.78, 5) is 4.06. The predicted molar refractivity (Wildman–Crippen MR) is 106 cm³/mol. The maximum atomic E-state index is 6.04. The molecule has 138 valence electrons. The summed E-state index contributed by atoms with van der Waals surface area (Å²) in [5.41, 5.74) is 8.20. The molecule has 0 saturated heterocycles. The summed E-state index contributed by atoms with van der Waals surface area (Å²) in [6, 6.07) is 18.3. The molecule has 0 saturated carbocycles. The minimum absolute atomic E-state index is 0.533. The molecule has 1 aromatic heterocycles. The van der Waals surface area contributed by atoms with E-state index in [0.29, 0.717) is 6.61 Å². The molecule has 1 N–H and O–H groups in total. The summed E-state index contributed by atoms with van der Waals surface area (Å²) < 4.78 is 11.6. The van der Waals surface area contributed by atoms with Crippen molar-refractivity contribution in [2.24, 2.45) is 0 Å². The molecular weight excluding hydrogens is 338 g/mol. The number of benzene rings is 2. The summed E-state index contributed by atoms with van der Waals surface area (Å²) in [5.74, 6) is 1.58. The van der Waals surface area contributed by atoms with Crippen molar-refractivity contribution in [3.63, 3.8) is 0 Å². The Morgan fingerprint density at radius 3 is 2.56 bits per heavy atom. The molecule has 2 heterocycles. The highest BCUT2D eigenvalue weighted by molar-refractivity contribution is 5.49. The summed E-state index contributed by atoms with van der Waals surface area (Å²) in [6.07, 6.45) is 4.54. The first kappa shape index (κ1) is 17.4. The van der Waals surface area contributed by atoms with Crippen molar-refractivity contribution >= 4 is 5.69 Å². The van der Waals surface area contributed by atoms with Crippen LogP contribution in [-0.2, 0) is 19.6 Å². The first-order valence-electron chi connectivity index (χ1n) is 9.10. The van der Waals surface area contributed by atoms with Crippen LogP contribution in [-0.4, -0.2) is 23.6 Å². The Morgan fingerprint density at radius 2 is 1.78 bits per heavy atom. The average molecular weight is 361 g/mol. The van der Waals surface area contributed by atoms with Crippen molar-refractivity contribution in [3.05, 3.63) is 83.7 Å². The molecule has 5 nitrogen and oxygen atoms in total. The fourth-order valence-electron chi connectivity index (χ4n) is 3.28. The molecule has 0 amide bonds. The van der Waals surface area contributed by atoms with Crippen LogP contribution in [0.1, 0.15) is 16.7 Å². The number of ether oxygens (including phenoxy) is 2. The highest BCUT2D eigenvalue weighted by Crippen LogP contribution is 2.34. The van der Waals surface area contributed by atoms with Gasteiger partial charge in [-0.2, -0.15) is 0 Å². The van der Waals surface area contributed by atoms with Crippen molar-refractivity contribution < 1.29 is 9.47 Å². The Kier molecular flexibility index (Phi) is 5.21. The summed E-state index contributed by atoms with van der Waals surface area (Å²) in [7, 11) is 1.69. The summed E-state index contributed by atoms with van der Waals surface area (Å²) >= 11 is 0. The number of methoxy groups -OCH3 is 1. The van der Waals surface area contributed by atoms with Gasteiger partial charge in [0.05, 0.1) is 12.8 Å². The molecule has 27 heavy (non-hydrogen) atoms. The Hall–Kier alpha value is -3.05. The van der Waals surface area contributed by atoms with E-state index in [1.165, 1.54) is 11.1 Å². The van der Waals surface area contributed by atoms with Crippen LogP contribution in [0.5, 0.6) is 11.5 Å². The lowest BCUT2D eigenvalue weighted by Crippen LogP contribution is -2.35. The second-order valence-corrected chi connectivity index (χ2v) is 6.57. The van der Waals surface area contributed by atoms with E-state index < -0.39 is 0 Å². The van der Waals surface area contributed by atoms with E-state index in [2.05, 4.69) is 39.7 Å². The van der Waals surface area contributed by atoms with Gasteiger partial charge in [-0.05, 0) is 47.4 Å². The van der Waals surface area contributed by atoms with Crippen LogP contribution >= 0.6 is 0 Å². The number of nitrogens with one attached hydrogen (secondary N) is 1. The van der Waals surface area contributed by atoms with Crippen molar-refractivity contribution in [1.82, 2.24) is 9.99 Å². The van der Waals surface area contributed by atoms with Gasteiger partial charge in [0.25, 0.3) is 0 Å². The van der Waals surface area contributed by atoms with Gasteiger partial charge in [0.15, 0.2) is 11.5 Å². The van der Waals surface area contributed by atoms with Crippen LogP contribution in [0.2, 0.25) is 0 Å². The van der Waals surface area contributed by atoms with E-state index in [4.69, 9.17) is 9.47 Å². The average Bonchev–Trinajstić information content (AvgIpc) is 2.73. The molecule has 2 aromatic carbocycles. The standard InChI is InChI=1S/C22H23N3O2/c1-26-21-14-19-15-25(24-20-7-10-23-11-8-20)12-9-18(19)13-22(21)27-16-17-5-3-2-4-6-17/h2-8,10-11,13-14H,9,12,15-16H2,1H3,(H,23,24). The number of rotatable bonds is 6. The van der Waals surface area contributed by atoms with Gasteiger partial charge in [-0.15, -0.1) is 0 Å². The number of aromatic nitrogens is 1. The molecule has 1 aliphatic rings. The van der Waals surface area contributed by atoms with E-state index in [0.717, 1.165) is 42.3 Å². The van der Waals surface area contributed by atoms with Crippen molar-refractivity contribution in [2.75, 3.05) is 19.1 Å². The number of hydrogen-bond acceptors (Lipinski definition) is 5. The third-order valence-corrected chi connectivity index (χ3v) is 4.70. The molecule has 0 bridgehead atoms. The van der Waals surface area contributed by atoms with Gasteiger partial charge in [0, 0.05) is 25.5 Å². The number of anilines is 1. The summed E-state index contributed by atoms with van der Waals surface area (Å²) in [6.45, 7) is 2.28. The Bertz CT molecular complexity index is 885. The van der Waals surface area contributed by atoms with Gasteiger partial charge < -0.3 is 14.9 Å². The fraction of sp³-hybridized carbons (Fsp3) is 0.227. The normalized spacial score (nSPS) is 13.7. The van der Waals surface area contributed by atoms with Crippen molar-refractivity contribution in [2.45, 2.75) is 19.6 Å². The topological polar surface area (TPSA) is 46.6 Å². The molecule has 0 atom stereocenters. The zero-order valence-electron chi connectivity index (χ0n) is 15.4. The lowest BCUT2D eigenvalue weighted by molar-refractivity contribution is 0.278. The molecule has 0 radical (unpaired) electrons. The smallest absolute Gasteiger partial charge is 0.161 e. The summed E-state index contributed by atoms with van der Waals surface area (Å²) in [5, 5.41) is 2.21. The molecule has 0 spiro atoms. The first-order chi connectivity index (χ1) is 13.3. The number of hydrogen-bond donors (Lipinski definition) is 1. The lowest BCUT2D eigenvalue weighted by atomic mass is 9.99. The number of hydrazine groups is 1. The highest BCUT2D eigenvalue weighted by atomic mass is 16.5. The third-order valence-electron chi connectivity index (χ3n) is 4.70. The number of nitrogens with zero attached hydrogens (tertiary/aromatic N) is 2. The number of pyridine rings is 1. The maximum absolute atomic E-state index is 6.04. The molecular formula is C22H23N3O2. The lowest BCUT2D eigenvalue weighted by Gasteiger charge is -2.30. The van der Waals surface area contributed by atoms with E-state index in [1.807, 2.05) is 30.3 Å². The molecule has 0 unspecified atom stereocenters. The first-order valence-corrected chi connectivity index (χ1v) is 9.10. The molecule has 5 heteroatoms. The van der Waals surface area contributed by atoms with Crippen LogP contribution < -0.4 is 14.9 Å². The Labute approximate surface area is 159 Å². The largest absolute Gasteiger partial charge is 0.493 e. The van der Waals surface area contributed by atoms with E-state index in [1.54, 1.807) is 19.5 Å². The van der Waals surface area contributed by atoms with Crippen LogP contribution in [0.15, 0.2) is 67.0 Å². The van der Waals surface area contributed by atoms with Gasteiger partial charge >= 0.3 is 0 Å². The predicted octanol–water partition coefficient (Wildman–Crippen LogP) is 4.05. The van der Waals surface area contributed by atoms with Crippen LogP contribution in [0.3, 0.4) is 0 Å². The van der Waals surface area contributed by atoms with Crippen LogP contribution in [0, 0.1) is 0 Å². The highest BCUT2D eigenvalue weighted by Gasteiger charge is 2.19. The SMILES string of the molecule is COc1cc2c(cc1OCc1ccccc1)CCN(Nc1ccncc1)C2. The zero-order valence-corrected chi connectivity index (χ0v) is 15.4. The monoisotopic (exact) mass is 361 g/mol. The minimum atomic E-state index is 0.533. The van der Waals surface area contributed by atoms with Crippen molar-refractivity contribution in [1.29, 1.82) is 0 Å². The molecule has 3 aromatic rings. The van der Waals surface area contributed by atoms with Gasteiger partial charge in [-0.1, -0.05) is 30.3 Å². The van der Waals surface area contributed by atoms with Gasteiger partial charge in [0.1, 0.15) is 6.61 Å². The maximum Gasteiger partial charge on any atom is 0.161 e. The Balaban J connectivity index is 1.48. The van der Waals surface area contributed by atoms with E-state index >= 15 is 0 Å². The van der Waals surface area contributed by atoms with Crippen LogP contribution in [0.25, 0.3) is 0 Å². The molecule has 4 rings (SSSR count). The molecule has 0 fully saturated rings. The van der Waals surface area contributed by atoms with E-state index in [-0.39, 0.29) is 0 Å². The number of fused-ring (bicyclic) bond motifs is 1. The molecule has 1 aliphatic heterocycles. The van der Waals surface area contributed by atoms with E-state index in [9.17, 15) is 0 Å². The second-order valence-electron chi connectivity index (χ2n) is 6.57. The van der Waals surface area contributed by atoms with Gasteiger partial charge in [-0.3, -0.25) is 4.98 Å². The third kappa shape index (κ3) is 4.20. The second kappa shape index (κ2) is 8.10. The molecule has 0 aliphatic carbocycles. The Morgan fingerprint density at radius 1 is 1.00 bits per heavy atom. The van der Waals surface area contributed by atoms with Gasteiger partial charge in [0.2, 0.25) is 0 Å². The minimum Gasteiger partial charge on any atom is -0.493 e. The van der Waals surface area contributed by atoms with Gasteiger partial charge in [-0.25, -0.2) is 5.01 Å². The quantitative estimate of drug-likeness (QED) is 0.718. The van der Waals surface area contributed by atoms with Crippen molar-refractivity contribution in [3.8, 4) is 11.5 Å². The van der Waals surface area contributed by atoms with Crippen LogP contribution in [0.4, 0.5) is 5.69 Å².